The molecule has 0 aromatic rings. The molecule has 280 valence electrons. The van der Waals surface area contributed by atoms with Crippen molar-refractivity contribution in [2.24, 2.45) is 0 Å². The number of amides is 1. The van der Waals surface area contributed by atoms with Crippen LogP contribution in [0.5, 0.6) is 0 Å². The fourth-order valence-electron chi connectivity index (χ4n) is 7.16. The van der Waals surface area contributed by atoms with Gasteiger partial charge in [-0.2, -0.15) is 0 Å². The summed E-state index contributed by atoms with van der Waals surface area (Å²) in [4.78, 5) is 12.5. The fourth-order valence-corrected chi connectivity index (χ4v) is 7.16. The summed E-state index contributed by atoms with van der Waals surface area (Å²) in [5.74, 6) is -0.360. The second-order valence-corrected chi connectivity index (χ2v) is 15.1. The first-order valence-electron chi connectivity index (χ1n) is 21.4. The van der Waals surface area contributed by atoms with Crippen LogP contribution in [0.25, 0.3) is 0 Å². The smallest absolute Gasteiger partial charge is 0.249 e. The number of unbranched alkanes of at least 4 members (excludes halogenated alkanes) is 30. The lowest BCUT2D eigenvalue weighted by Crippen LogP contribution is -2.46. The van der Waals surface area contributed by atoms with Crippen LogP contribution in [0, 0.1) is 0 Å². The highest BCUT2D eigenvalue weighted by Crippen LogP contribution is 2.30. The number of hydrogen-bond donors (Lipinski definition) is 3. The Hall–Kier alpha value is -0.650. The van der Waals surface area contributed by atoms with E-state index in [0.717, 1.165) is 25.7 Å². The third-order valence-corrected chi connectivity index (χ3v) is 10.5. The standard InChI is InChI=1S/C42H83NO4/c1-3-5-7-9-11-13-15-17-18-19-20-21-22-23-24-25-27-29-31-33-35-39(45)42(46)43-38(37-44)41-40(47-41)36-34-32-30-28-26-16-14-12-10-8-6-4-2/h38-41,44-45H,3-37H2,1-2H3,(H,43,46)/t38?,39?,40-,41+/m1/s1. The van der Waals surface area contributed by atoms with E-state index in [1.807, 2.05) is 0 Å². The molecule has 1 saturated heterocycles. The Bertz CT molecular complexity index is 659. The number of carbonyl (C=O) groups is 1. The lowest BCUT2D eigenvalue weighted by molar-refractivity contribution is -0.130. The van der Waals surface area contributed by atoms with E-state index in [4.69, 9.17) is 4.74 Å². The monoisotopic (exact) mass is 666 g/mol. The molecule has 3 N–H and O–H groups in total. The number of nitrogens with one attached hydrogen (secondary N) is 1. The van der Waals surface area contributed by atoms with Crippen LogP contribution in [0.3, 0.4) is 0 Å². The van der Waals surface area contributed by atoms with Gasteiger partial charge in [0.1, 0.15) is 12.2 Å². The van der Waals surface area contributed by atoms with Crippen molar-refractivity contribution in [2.45, 2.75) is 257 Å². The van der Waals surface area contributed by atoms with Crippen LogP contribution < -0.4 is 5.32 Å². The minimum atomic E-state index is -0.992. The maximum absolute atomic E-state index is 12.5. The van der Waals surface area contributed by atoms with Crippen LogP contribution in [-0.2, 0) is 9.53 Å². The van der Waals surface area contributed by atoms with E-state index in [1.54, 1.807) is 0 Å². The third kappa shape index (κ3) is 27.8. The molecule has 1 aliphatic rings. The number of rotatable bonds is 38. The lowest BCUT2D eigenvalue weighted by Gasteiger charge is -2.17. The molecule has 2 unspecified atom stereocenters. The summed E-state index contributed by atoms with van der Waals surface area (Å²) >= 11 is 0. The Labute approximate surface area is 293 Å². The van der Waals surface area contributed by atoms with Crippen molar-refractivity contribution in [2.75, 3.05) is 6.61 Å². The van der Waals surface area contributed by atoms with Gasteiger partial charge in [0, 0.05) is 0 Å². The number of epoxide rings is 1. The Morgan fingerprint density at radius 2 is 0.851 bits per heavy atom. The second-order valence-electron chi connectivity index (χ2n) is 15.1. The Balaban J connectivity index is 1.87. The minimum absolute atomic E-state index is 0.108. The number of carbonyl (C=O) groups excluding carboxylic acids is 1. The summed E-state index contributed by atoms with van der Waals surface area (Å²) in [6, 6.07) is -0.408. The maximum Gasteiger partial charge on any atom is 0.249 e. The normalized spacial score (nSPS) is 17.2. The molecule has 0 aromatic carbocycles. The van der Waals surface area contributed by atoms with Gasteiger partial charge < -0.3 is 20.3 Å². The van der Waals surface area contributed by atoms with Crippen LogP contribution >= 0.6 is 0 Å². The van der Waals surface area contributed by atoms with Gasteiger partial charge in [-0.3, -0.25) is 4.79 Å². The SMILES string of the molecule is CCCCCCCCCCCCCCCCCCCCCCC(O)C(=O)NC(CO)[C@@H]1O[C@@H]1CCCCCCCCCCCCCC. The van der Waals surface area contributed by atoms with Crippen LogP contribution in [0.2, 0.25) is 0 Å². The van der Waals surface area contributed by atoms with Crippen molar-refractivity contribution in [3.63, 3.8) is 0 Å². The van der Waals surface area contributed by atoms with Crippen LogP contribution in [0.15, 0.2) is 0 Å². The molecule has 1 aliphatic heterocycles. The Kier molecular flexibility index (Phi) is 31.9. The van der Waals surface area contributed by atoms with Gasteiger partial charge in [-0.05, 0) is 12.8 Å². The van der Waals surface area contributed by atoms with Crippen LogP contribution in [-0.4, -0.2) is 47.1 Å². The molecule has 4 atom stereocenters. The van der Waals surface area contributed by atoms with E-state index in [2.05, 4.69) is 19.2 Å². The van der Waals surface area contributed by atoms with Gasteiger partial charge in [-0.15, -0.1) is 0 Å². The van der Waals surface area contributed by atoms with Crippen molar-refractivity contribution in [3.8, 4) is 0 Å². The summed E-state index contributed by atoms with van der Waals surface area (Å²) in [7, 11) is 0. The average Bonchev–Trinajstić information content (AvgIpc) is 3.85. The largest absolute Gasteiger partial charge is 0.394 e. The number of aliphatic hydroxyl groups excluding tert-OH is 2. The molecule has 0 bridgehead atoms. The van der Waals surface area contributed by atoms with E-state index < -0.39 is 12.1 Å². The summed E-state index contributed by atoms with van der Waals surface area (Å²) in [5.41, 5.74) is 0. The van der Waals surface area contributed by atoms with E-state index in [1.165, 1.54) is 186 Å². The third-order valence-electron chi connectivity index (χ3n) is 10.5. The average molecular weight is 666 g/mol. The summed E-state index contributed by atoms with van der Waals surface area (Å²) in [5, 5.41) is 23.1. The maximum atomic E-state index is 12.5. The van der Waals surface area contributed by atoms with Crippen molar-refractivity contribution >= 4 is 5.91 Å². The van der Waals surface area contributed by atoms with E-state index in [9.17, 15) is 15.0 Å². The van der Waals surface area contributed by atoms with Gasteiger partial charge in [0.15, 0.2) is 0 Å². The number of aliphatic hydroxyl groups is 2. The molecule has 0 aliphatic carbocycles. The second kappa shape index (κ2) is 33.8. The van der Waals surface area contributed by atoms with Gasteiger partial charge >= 0.3 is 0 Å². The van der Waals surface area contributed by atoms with Gasteiger partial charge in [0.05, 0.1) is 18.8 Å². The molecule has 1 heterocycles. The molecule has 47 heavy (non-hydrogen) atoms. The first kappa shape index (κ1) is 44.4. The van der Waals surface area contributed by atoms with Gasteiger partial charge in [0.2, 0.25) is 5.91 Å². The molecule has 1 amide bonds. The molecule has 0 aromatic heterocycles. The minimum Gasteiger partial charge on any atom is -0.394 e. The first-order chi connectivity index (χ1) is 23.1. The number of hydrogen-bond acceptors (Lipinski definition) is 4. The quantitative estimate of drug-likeness (QED) is 0.0453. The predicted octanol–water partition coefficient (Wildman–Crippen LogP) is 11.9. The van der Waals surface area contributed by atoms with Gasteiger partial charge in [0.25, 0.3) is 0 Å². The van der Waals surface area contributed by atoms with Crippen LogP contribution in [0.1, 0.15) is 232 Å². The van der Waals surface area contributed by atoms with Gasteiger partial charge in [-0.1, -0.05) is 219 Å². The molecular formula is C42H83NO4. The van der Waals surface area contributed by atoms with Crippen LogP contribution in [0.4, 0.5) is 0 Å². The van der Waals surface area contributed by atoms with Crippen molar-refractivity contribution < 1.29 is 19.7 Å². The highest BCUT2D eigenvalue weighted by atomic mass is 16.6. The zero-order valence-electron chi connectivity index (χ0n) is 31.8. The topological polar surface area (TPSA) is 82.1 Å². The molecule has 0 saturated carbocycles. The molecule has 5 nitrogen and oxygen atoms in total. The summed E-state index contributed by atoms with van der Waals surface area (Å²) < 4.78 is 5.80. The van der Waals surface area contributed by atoms with Gasteiger partial charge in [-0.25, -0.2) is 0 Å². The summed E-state index contributed by atoms with van der Waals surface area (Å²) in [6.07, 6.45) is 43.5. The highest BCUT2D eigenvalue weighted by molar-refractivity contribution is 5.80. The van der Waals surface area contributed by atoms with E-state index in [0.29, 0.717) is 6.42 Å². The Morgan fingerprint density at radius 1 is 0.532 bits per heavy atom. The predicted molar refractivity (Wildman–Crippen MR) is 202 cm³/mol. The molecule has 0 radical (unpaired) electrons. The van der Waals surface area contributed by atoms with E-state index >= 15 is 0 Å². The van der Waals surface area contributed by atoms with Crippen molar-refractivity contribution in [1.82, 2.24) is 5.32 Å². The first-order valence-corrected chi connectivity index (χ1v) is 21.4. The van der Waals surface area contributed by atoms with Crippen molar-refractivity contribution in [1.29, 1.82) is 0 Å². The fraction of sp³-hybridized carbons (Fsp3) is 0.976. The molecule has 1 rings (SSSR count). The Morgan fingerprint density at radius 3 is 1.19 bits per heavy atom. The molecule has 5 heteroatoms. The van der Waals surface area contributed by atoms with Crippen molar-refractivity contribution in [3.05, 3.63) is 0 Å². The molecule has 0 spiro atoms. The lowest BCUT2D eigenvalue weighted by atomic mass is 10.0. The van der Waals surface area contributed by atoms with E-state index in [-0.39, 0.29) is 24.7 Å². The molecule has 1 fully saturated rings. The zero-order chi connectivity index (χ0) is 34.0. The number of ether oxygens (including phenoxy) is 1. The zero-order valence-corrected chi connectivity index (χ0v) is 31.8. The summed E-state index contributed by atoms with van der Waals surface area (Å²) in [6.45, 7) is 4.42. The highest BCUT2D eigenvalue weighted by Gasteiger charge is 2.44. The molecular weight excluding hydrogens is 582 g/mol.